The van der Waals surface area contributed by atoms with Crippen LogP contribution in [0.5, 0.6) is 5.75 Å². The Labute approximate surface area is 253 Å². The zero-order chi connectivity index (χ0) is 30.6. The van der Waals surface area contributed by atoms with Crippen LogP contribution < -0.4 is 15.0 Å². The molecule has 1 saturated heterocycles. The van der Waals surface area contributed by atoms with E-state index in [0.717, 1.165) is 18.6 Å². The molecule has 2 fully saturated rings. The minimum Gasteiger partial charge on any atom is -0.491 e. The van der Waals surface area contributed by atoms with Gasteiger partial charge in [0.25, 0.3) is 11.8 Å². The topological polar surface area (TPSA) is 103 Å². The number of hydrogen-bond donors (Lipinski definition) is 1. The van der Waals surface area contributed by atoms with Gasteiger partial charge in [0, 0.05) is 24.3 Å². The summed E-state index contributed by atoms with van der Waals surface area (Å²) >= 11 is 0. The van der Waals surface area contributed by atoms with Crippen LogP contribution in [0, 0.1) is 23.2 Å². The third kappa shape index (κ3) is 6.26. The van der Waals surface area contributed by atoms with E-state index in [9.17, 15) is 19.6 Å². The lowest BCUT2D eigenvalue weighted by Crippen LogP contribution is -2.54. The molecular formula is C35H38N4O4. The summed E-state index contributed by atoms with van der Waals surface area (Å²) in [5.41, 5.74) is 1.62. The summed E-state index contributed by atoms with van der Waals surface area (Å²) in [6, 6.07) is 25.6. The summed E-state index contributed by atoms with van der Waals surface area (Å²) in [6.45, 7) is 6.37. The van der Waals surface area contributed by atoms with Crippen molar-refractivity contribution in [3.63, 3.8) is 0 Å². The van der Waals surface area contributed by atoms with E-state index in [-0.39, 0.29) is 36.9 Å². The normalized spacial score (nSPS) is 21.7. The number of nitrogens with zero attached hydrogens (tertiary/aromatic N) is 3. The number of anilines is 1. The second kappa shape index (κ2) is 12.7. The van der Waals surface area contributed by atoms with Gasteiger partial charge in [-0.05, 0) is 99.4 Å². The molecule has 2 aliphatic rings. The summed E-state index contributed by atoms with van der Waals surface area (Å²) in [7, 11) is 0. The highest BCUT2D eigenvalue weighted by Gasteiger charge is 2.59. The Hall–Kier alpha value is -4.64. The molecule has 1 N–H and O–H groups in total. The van der Waals surface area contributed by atoms with Crippen LogP contribution in [0.25, 0.3) is 0 Å². The van der Waals surface area contributed by atoms with Gasteiger partial charge in [0.05, 0.1) is 17.7 Å². The Morgan fingerprint density at radius 3 is 2.56 bits per heavy atom. The number of ether oxygens (including phenoxy) is 1. The van der Waals surface area contributed by atoms with Gasteiger partial charge >= 0.3 is 6.03 Å². The molecule has 3 atom stereocenters. The average molecular weight is 579 g/mol. The van der Waals surface area contributed by atoms with Crippen molar-refractivity contribution in [1.82, 2.24) is 10.2 Å². The third-order valence-electron chi connectivity index (χ3n) is 8.55. The van der Waals surface area contributed by atoms with Gasteiger partial charge in [0.1, 0.15) is 11.3 Å². The fraction of sp³-hybridized carbons (Fsp3) is 0.371. The maximum absolute atomic E-state index is 14.2. The standard InChI is InChI=1S/C35H38N4O4/c1-24(2)43-31-14-8-9-26(21-31)19-29-15-16-35(22-25(29)3)33(41)38(18-17-37-32(40)28-11-5-4-6-12-28)34(42)39(35)30-13-7-10-27(20-30)23-36/h4-14,20-21,24-25,29H,15-19,22H2,1-3H3,(H,37,40). The summed E-state index contributed by atoms with van der Waals surface area (Å²) in [4.78, 5) is 43.6. The molecule has 3 aromatic carbocycles. The minimum atomic E-state index is -1.05. The smallest absolute Gasteiger partial charge is 0.332 e. The molecule has 8 heteroatoms. The van der Waals surface area contributed by atoms with Crippen molar-refractivity contribution in [2.24, 2.45) is 11.8 Å². The van der Waals surface area contributed by atoms with Crippen molar-refractivity contribution in [1.29, 1.82) is 5.26 Å². The quantitative estimate of drug-likeness (QED) is 0.316. The maximum atomic E-state index is 14.2. The predicted octanol–water partition coefficient (Wildman–Crippen LogP) is 5.96. The number of nitrogens with one attached hydrogen (secondary N) is 1. The fourth-order valence-corrected chi connectivity index (χ4v) is 6.51. The van der Waals surface area contributed by atoms with Crippen molar-refractivity contribution in [2.45, 2.75) is 58.1 Å². The van der Waals surface area contributed by atoms with Gasteiger partial charge in [-0.2, -0.15) is 5.26 Å². The number of imide groups is 1. The Kier molecular flexibility index (Phi) is 8.81. The third-order valence-corrected chi connectivity index (χ3v) is 8.55. The van der Waals surface area contributed by atoms with E-state index in [1.165, 1.54) is 10.5 Å². The van der Waals surface area contributed by atoms with Gasteiger partial charge < -0.3 is 10.1 Å². The highest BCUT2D eigenvalue weighted by molar-refractivity contribution is 6.17. The molecule has 1 aliphatic carbocycles. The highest BCUT2D eigenvalue weighted by atomic mass is 16.5. The van der Waals surface area contributed by atoms with Crippen LogP contribution in [0.2, 0.25) is 0 Å². The van der Waals surface area contributed by atoms with Crippen LogP contribution in [0.1, 0.15) is 61.5 Å². The first-order valence-corrected chi connectivity index (χ1v) is 15.0. The van der Waals surface area contributed by atoms with Gasteiger partial charge in [0.15, 0.2) is 0 Å². The number of benzene rings is 3. The fourth-order valence-electron chi connectivity index (χ4n) is 6.51. The zero-order valence-corrected chi connectivity index (χ0v) is 25.0. The van der Waals surface area contributed by atoms with Crippen LogP contribution in [0.15, 0.2) is 78.9 Å². The molecule has 8 nitrogen and oxygen atoms in total. The number of carbonyl (C=O) groups excluding carboxylic acids is 3. The van der Waals surface area contributed by atoms with E-state index in [1.807, 2.05) is 32.0 Å². The first-order chi connectivity index (χ1) is 20.7. The van der Waals surface area contributed by atoms with Crippen molar-refractivity contribution < 1.29 is 19.1 Å². The highest BCUT2D eigenvalue weighted by Crippen LogP contribution is 2.47. The van der Waals surface area contributed by atoms with Gasteiger partial charge in [-0.1, -0.05) is 43.3 Å². The van der Waals surface area contributed by atoms with Gasteiger partial charge in [-0.3, -0.25) is 19.4 Å². The van der Waals surface area contributed by atoms with Crippen molar-refractivity contribution in [2.75, 3.05) is 18.0 Å². The number of hydrogen-bond acceptors (Lipinski definition) is 5. The van der Waals surface area contributed by atoms with E-state index in [0.29, 0.717) is 35.6 Å². The zero-order valence-electron chi connectivity index (χ0n) is 25.0. The molecule has 1 spiro atoms. The molecule has 3 aromatic rings. The molecule has 1 aliphatic heterocycles. The number of carbonyl (C=O) groups is 3. The molecule has 3 unspecified atom stereocenters. The molecular weight excluding hydrogens is 540 g/mol. The van der Waals surface area contributed by atoms with E-state index in [1.54, 1.807) is 53.4 Å². The van der Waals surface area contributed by atoms with Crippen molar-refractivity contribution in [3.05, 3.63) is 95.6 Å². The maximum Gasteiger partial charge on any atom is 0.332 e. The number of amides is 4. The molecule has 222 valence electrons. The van der Waals surface area contributed by atoms with E-state index < -0.39 is 11.6 Å². The molecule has 4 amide bonds. The van der Waals surface area contributed by atoms with Crippen molar-refractivity contribution >= 4 is 23.5 Å². The Bertz CT molecular complexity index is 1530. The second-order valence-electron chi connectivity index (χ2n) is 11.9. The lowest BCUT2D eigenvalue weighted by Gasteiger charge is -2.44. The van der Waals surface area contributed by atoms with Gasteiger partial charge in [0.2, 0.25) is 0 Å². The summed E-state index contributed by atoms with van der Waals surface area (Å²) in [6.07, 6.45) is 2.73. The molecule has 5 rings (SSSR count). The lowest BCUT2D eigenvalue weighted by atomic mass is 9.68. The van der Waals surface area contributed by atoms with Gasteiger partial charge in [-0.15, -0.1) is 0 Å². The molecule has 1 heterocycles. The van der Waals surface area contributed by atoms with Crippen molar-refractivity contribution in [3.8, 4) is 11.8 Å². The summed E-state index contributed by atoms with van der Waals surface area (Å²) in [5, 5.41) is 12.4. The lowest BCUT2D eigenvalue weighted by molar-refractivity contribution is -0.132. The SMILES string of the molecule is CC(C)Oc1cccc(CC2CCC3(CC2C)C(=O)N(CCNC(=O)c2ccccc2)C(=O)N3c2cccc(C#N)c2)c1. The second-order valence-corrected chi connectivity index (χ2v) is 11.9. The Balaban J connectivity index is 1.36. The van der Waals surface area contributed by atoms with Crippen LogP contribution in [0.3, 0.4) is 0 Å². The van der Waals surface area contributed by atoms with Gasteiger partial charge in [-0.25, -0.2) is 4.79 Å². The summed E-state index contributed by atoms with van der Waals surface area (Å²) in [5.74, 6) is 0.827. The number of nitriles is 1. The van der Waals surface area contributed by atoms with E-state index >= 15 is 0 Å². The molecule has 0 aromatic heterocycles. The van der Waals surface area contributed by atoms with Crippen LogP contribution in [0.4, 0.5) is 10.5 Å². The van der Waals surface area contributed by atoms with E-state index in [2.05, 4.69) is 30.4 Å². The molecule has 0 bridgehead atoms. The average Bonchev–Trinajstić information content (AvgIpc) is 3.19. The number of urea groups is 1. The monoisotopic (exact) mass is 578 g/mol. The largest absolute Gasteiger partial charge is 0.491 e. The predicted molar refractivity (Wildman–Crippen MR) is 165 cm³/mol. The van der Waals surface area contributed by atoms with Crippen LogP contribution >= 0.6 is 0 Å². The Morgan fingerprint density at radius 1 is 1.07 bits per heavy atom. The molecule has 43 heavy (non-hydrogen) atoms. The first-order valence-electron chi connectivity index (χ1n) is 15.0. The first kappa shape index (κ1) is 29.8. The molecule has 0 radical (unpaired) electrons. The van der Waals surface area contributed by atoms with Crippen LogP contribution in [-0.4, -0.2) is 47.5 Å². The minimum absolute atomic E-state index is 0.0624. The Morgan fingerprint density at radius 2 is 1.84 bits per heavy atom. The summed E-state index contributed by atoms with van der Waals surface area (Å²) < 4.78 is 5.90. The van der Waals surface area contributed by atoms with Crippen LogP contribution in [-0.2, 0) is 11.2 Å². The molecule has 1 saturated carbocycles. The van der Waals surface area contributed by atoms with E-state index in [4.69, 9.17) is 4.74 Å². The number of rotatable bonds is 9.